The van der Waals surface area contributed by atoms with Gasteiger partial charge in [-0.15, -0.1) is 0 Å². The molecule has 0 aliphatic carbocycles. The minimum Gasteiger partial charge on any atom is -0.394 e. The van der Waals surface area contributed by atoms with Crippen molar-refractivity contribution in [3.63, 3.8) is 0 Å². The summed E-state index contributed by atoms with van der Waals surface area (Å²) >= 11 is 5.81. The zero-order valence-electron chi connectivity index (χ0n) is 8.81. The van der Waals surface area contributed by atoms with Crippen LogP contribution >= 0.6 is 11.6 Å². The second-order valence-corrected chi connectivity index (χ2v) is 3.57. The van der Waals surface area contributed by atoms with Crippen molar-refractivity contribution in [2.45, 2.75) is 6.04 Å². The first kappa shape index (κ1) is 12.9. The van der Waals surface area contributed by atoms with Crippen LogP contribution in [0.3, 0.4) is 0 Å². The SMILES string of the molecule is COCC(CO)NC(=O)c1ccncc1Cl. The molecule has 0 spiro atoms. The minimum absolute atomic E-state index is 0.192. The summed E-state index contributed by atoms with van der Waals surface area (Å²) in [5.74, 6) is -0.358. The molecule has 0 fully saturated rings. The Labute approximate surface area is 98.4 Å². The lowest BCUT2D eigenvalue weighted by Crippen LogP contribution is -2.40. The van der Waals surface area contributed by atoms with Gasteiger partial charge in [0.15, 0.2) is 0 Å². The Balaban J connectivity index is 2.68. The molecule has 6 heteroatoms. The van der Waals surface area contributed by atoms with Gasteiger partial charge in [-0.05, 0) is 6.07 Å². The van der Waals surface area contributed by atoms with Gasteiger partial charge in [0.1, 0.15) is 0 Å². The van der Waals surface area contributed by atoms with Crippen molar-refractivity contribution in [3.8, 4) is 0 Å². The molecule has 2 N–H and O–H groups in total. The number of aromatic nitrogens is 1. The number of carbonyl (C=O) groups is 1. The molecule has 1 unspecified atom stereocenters. The van der Waals surface area contributed by atoms with Gasteiger partial charge in [-0.3, -0.25) is 9.78 Å². The number of amides is 1. The highest BCUT2D eigenvalue weighted by Gasteiger charge is 2.14. The molecule has 1 heterocycles. The number of nitrogens with one attached hydrogen (secondary N) is 1. The van der Waals surface area contributed by atoms with Crippen molar-refractivity contribution in [2.75, 3.05) is 20.3 Å². The number of hydrogen-bond donors (Lipinski definition) is 2. The van der Waals surface area contributed by atoms with Crippen LogP contribution in [0.5, 0.6) is 0 Å². The normalized spacial score (nSPS) is 12.2. The van der Waals surface area contributed by atoms with E-state index in [-0.39, 0.29) is 24.1 Å². The fraction of sp³-hybridized carbons (Fsp3) is 0.400. The lowest BCUT2D eigenvalue weighted by molar-refractivity contribution is 0.0839. The monoisotopic (exact) mass is 244 g/mol. The molecule has 0 aliphatic rings. The van der Waals surface area contributed by atoms with E-state index >= 15 is 0 Å². The Morgan fingerprint density at radius 3 is 3.06 bits per heavy atom. The third-order valence-electron chi connectivity index (χ3n) is 1.94. The molecule has 0 aromatic carbocycles. The van der Waals surface area contributed by atoms with Crippen molar-refractivity contribution in [1.82, 2.24) is 10.3 Å². The quantitative estimate of drug-likeness (QED) is 0.790. The second-order valence-electron chi connectivity index (χ2n) is 3.16. The highest BCUT2D eigenvalue weighted by Crippen LogP contribution is 2.12. The van der Waals surface area contributed by atoms with Gasteiger partial charge in [0, 0.05) is 19.5 Å². The molecule has 1 aromatic rings. The molecule has 16 heavy (non-hydrogen) atoms. The van der Waals surface area contributed by atoms with Crippen LogP contribution in [0.4, 0.5) is 0 Å². The molecular formula is C10H13ClN2O3. The van der Waals surface area contributed by atoms with E-state index in [2.05, 4.69) is 10.3 Å². The molecule has 0 saturated heterocycles. The Bertz CT molecular complexity index is 360. The van der Waals surface area contributed by atoms with Gasteiger partial charge >= 0.3 is 0 Å². The molecule has 88 valence electrons. The first-order valence-electron chi connectivity index (χ1n) is 4.69. The molecule has 0 bridgehead atoms. The topological polar surface area (TPSA) is 71.5 Å². The molecule has 1 aromatic heterocycles. The molecule has 0 aliphatic heterocycles. The number of rotatable bonds is 5. The summed E-state index contributed by atoms with van der Waals surface area (Å²) in [5, 5.41) is 11.9. The fourth-order valence-corrected chi connectivity index (χ4v) is 1.37. The van der Waals surface area contributed by atoms with Crippen LogP contribution in [0, 0.1) is 0 Å². The molecule has 1 atom stereocenters. The summed E-state index contributed by atoms with van der Waals surface area (Å²) in [6.45, 7) is 0.0488. The van der Waals surface area contributed by atoms with Gasteiger partial charge in [0.2, 0.25) is 0 Å². The molecule has 0 radical (unpaired) electrons. The smallest absolute Gasteiger partial charge is 0.253 e. The van der Waals surface area contributed by atoms with Crippen LogP contribution < -0.4 is 5.32 Å². The number of pyridine rings is 1. The van der Waals surface area contributed by atoms with E-state index in [9.17, 15) is 4.79 Å². The van der Waals surface area contributed by atoms with Crippen molar-refractivity contribution >= 4 is 17.5 Å². The van der Waals surface area contributed by atoms with E-state index in [1.807, 2.05) is 0 Å². The average Bonchev–Trinajstić information content (AvgIpc) is 2.28. The van der Waals surface area contributed by atoms with E-state index < -0.39 is 6.04 Å². The Morgan fingerprint density at radius 1 is 1.75 bits per heavy atom. The van der Waals surface area contributed by atoms with E-state index in [4.69, 9.17) is 21.4 Å². The van der Waals surface area contributed by atoms with Crippen LogP contribution in [0.2, 0.25) is 5.02 Å². The third kappa shape index (κ3) is 3.44. The molecule has 1 amide bonds. The predicted octanol–water partition coefficient (Wildman–Crippen LogP) is 0.472. The summed E-state index contributed by atoms with van der Waals surface area (Å²) in [7, 11) is 1.49. The Morgan fingerprint density at radius 2 is 2.50 bits per heavy atom. The maximum absolute atomic E-state index is 11.7. The van der Waals surface area contributed by atoms with Crippen LogP contribution in [0.15, 0.2) is 18.5 Å². The van der Waals surface area contributed by atoms with Crippen LogP contribution in [0.1, 0.15) is 10.4 Å². The standard InChI is InChI=1S/C10H13ClN2O3/c1-16-6-7(5-14)13-10(15)8-2-3-12-4-9(8)11/h2-4,7,14H,5-6H2,1H3,(H,13,15). The maximum Gasteiger partial charge on any atom is 0.253 e. The van der Waals surface area contributed by atoms with Gasteiger partial charge in [-0.25, -0.2) is 0 Å². The summed E-state index contributed by atoms with van der Waals surface area (Å²) in [6, 6.07) is 1.07. The highest BCUT2D eigenvalue weighted by atomic mass is 35.5. The Hall–Kier alpha value is -1.17. The third-order valence-corrected chi connectivity index (χ3v) is 2.24. The number of halogens is 1. The zero-order chi connectivity index (χ0) is 12.0. The van der Waals surface area contributed by atoms with Gasteiger partial charge in [0.05, 0.1) is 29.8 Å². The van der Waals surface area contributed by atoms with Gasteiger partial charge in [-0.2, -0.15) is 0 Å². The predicted molar refractivity (Wildman–Crippen MR) is 59.5 cm³/mol. The number of aliphatic hydroxyl groups is 1. The van der Waals surface area contributed by atoms with Crippen LogP contribution in [0.25, 0.3) is 0 Å². The van der Waals surface area contributed by atoms with E-state index in [0.29, 0.717) is 5.56 Å². The minimum atomic E-state index is -0.443. The van der Waals surface area contributed by atoms with E-state index in [1.54, 1.807) is 0 Å². The summed E-state index contributed by atoms with van der Waals surface area (Å²) in [4.78, 5) is 15.5. The highest BCUT2D eigenvalue weighted by molar-refractivity contribution is 6.33. The van der Waals surface area contributed by atoms with Gasteiger partial charge in [0.25, 0.3) is 5.91 Å². The fourth-order valence-electron chi connectivity index (χ4n) is 1.16. The number of hydrogen-bond acceptors (Lipinski definition) is 4. The van der Waals surface area contributed by atoms with Crippen LogP contribution in [-0.2, 0) is 4.74 Å². The lowest BCUT2D eigenvalue weighted by atomic mass is 10.2. The maximum atomic E-state index is 11.7. The van der Waals surface area contributed by atoms with Crippen molar-refractivity contribution in [2.24, 2.45) is 0 Å². The second kappa shape index (κ2) is 6.42. The summed E-state index contributed by atoms with van der Waals surface area (Å²) in [5.41, 5.74) is 0.325. The average molecular weight is 245 g/mol. The van der Waals surface area contributed by atoms with Gasteiger partial charge in [-0.1, -0.05) is 11.6 Å². The van der Waals surface area contributed by atoms with Gasteiger partial charge < -0.3 is 15.2 Å². The lowest BCUT2D eigenvalue weighted by Gasteiger charge is -2.15. The van der Waals surface area contributed by atoms with E-state index in [0.717, 1.165) is 0 Å². The first-order chi connectivity index (χ1) is 7.69. The molecule has 1 rings (SSSR count). The van der Waals surface area contributed by atoms with E-state index in [1.165, 1.54) is 25.6 Å². The number of ether oxygens (including phenoxy) is 1. The first-order valence-corrected chi connectivity index (χ1v) is 5.07. The molecular weight excluding hydrogens is 232 g/mol. The zero-order valence-corrected chi connectivity index (χ0v) is 9.57. The summed E-state index contributed by atoms with van der Waals surface area (Å²) in [6.07, 6.45) is 2.87. The Kier molecular flexibility index (Phi) is 5.18. The van der Waals surface area contributed by atoms with Crippen molar-refractivity contribution in [3.05, 3.63) is 29.0 Å². The number of aliphatic hydroxyl groups excluding tert-OH is 1. The number of nitrogens with zero attached hydrogens (tertiary/aromatic N) is 1. The largest absolute Gasteiger partial charge is 0.394 e. The summed E-state index contributed by atoms with van der Waals surface area (Å²) < 4.78 is 4.84. The molecule has 0 saturated carbocycles. The molecule has 5 nitrogen and oxygen atoms in total. The number of carbonyl (C=O) groups excluding carboxylic acids is 1. The van der Waals surface area contributed by atoms with Crippen molar-refractivity contribution < 1.29 is 14.6 Å². The van der Waals surface area contributed by atoms with Crippen molar-refractivity contribution in [1.29, 1.82) is 0 Å². The number of methoxy groups -OCH3 is 1. The van der Waals surface area contributed by atoms with Crippen LogP contribution in [-0.4, -0.2) is 42.4 Å².